The van der Waals surface area contributed by atoms with Crippen molar-refractivity contribution in [1.82, 2.24) is 14.8 Å². The average molecular weight is 256 g/mol. The van der Waals surface area contributed by atoms with E-state index in [2.05, 4.69) is 46.7 Å². The lowest BCUT2D eigenvalue weighted by Gasteiger charge is -2.29. The van der Waals surface area contributed by atoms with Crippen molar-refractivity contribution in [3.8, 4) is 5.69 Å². The zero-order valence-corrected chi connectivity index (χ0v) is 11.3. The number of nitrogens with one attached hydrogen (secondary N) is 1. The summed E-state index contributed by atoms with van der Waals surface area (Å²) in [6, 6.07) is 8.91. The second-order valence-electron chi connectivity index (χ2n) is 5.50. The molecule has 100 valence electrons. The number of hydrogen-bond acceptors (Lipinski definition) is 3. The zero-order chi connectivity index (χ0) is 13.1. The maximum atomic E-state index is 3.84. The Morgan fingerprint density at radius 3 is 2.79 bits per heavy atom. The molecule has 0 aliphatic heterocycles. The Bertz CT molecular complexity index is 517. The second kappa shape index (κ2) is 5.43. The predicted octanol–water partition coefficient (Wildman–Crippen LogP) is 3.26. The fraction of sp³-hybridized carbons (Fsp3) is 0.467. The van der Waals surface area contributed by atoms with Crippen molar-refractivity contribution >= 4 is 5.69 Å². The van der Waals surface area contributed by atoms with Crippen molar-refractivity contribution in [2.45, 2.75) is 38.6 Å². The summed E-state index contributed by atoms with van der Waals surface area (Å²) < 4.78 is 1.92. The van der Waals surface area contributed by atoms with Gasteiger partial charge in [0.15, 0.2) is 0 Å². The summed E-state index contributed by atoms with van der Waals surface area (Å²) in [7, 11) is 0. The highest BCUT2D eigenvalue weighted by molar-refractivity contribution is 5.51. The van der Waals surface area contributed by atoms with Crippen molar-refractivity contribution in [3.05, 3.63) is 36.9 Å². The van der Waals surface area contributed by atoms with E-state index < -0.39 is 0 Å². The Hall–Kier alpha value is -1.84. The van der Waals surface area contributed by atoms with Crippen LogP contribution in [0.15, 0.2) is 36.9 Å². The molecule has 1 unspecified atom stereocenters. The molecule has 0 saturated heterocycles. The van der Waals surface area contributed by atoms with Crippen molar-refractivity contribution < 1.29 is 0 Å². The molecular weight excluding hydrogens is 236 g/mol. The third kappa shape index (κ3) is 2.95. The summed E-state index contributed by atoms with van der Waals surface area (Å²) in [4.78, 5) is 0. The highest BCUT2D eigenvalue weighted by atomic mass is 15.2. The first-order valence-corrected chi connectivity index (χ1v) is 7.03. The maximum absolute atomic E-state index is 3.84. The van der Waals surface area contributed by atoms with Crippen LogP contribution in [-0.4, -0.2) is 20.8 Å². The first kappa shape index (κ1) is 12.2. The van der Waals surface area contributed by atoms with Crippen LogP contribution in [0, 0.1) is 5.92 Å². The molecule has 1 aromatic carbocycles. The Kier molecular flexibility index (Phi) is 3.49. The summed E-state index contributed by atoms with van der Waals surface area (Å²) in [5.41, 5.74) is 2.25. The van der Waals surface area contributed by atoms with E-state index in [1.165, 1.54) is 25.7 Å². The van der Waals surface area contributed by atoms with Gasteiger partial charge in [-0.3, -0.25) is 4.57 Å². The normalized spacial score (nSPS) is 16.9. The fourth-order valence-electron chi connectivity index (χ4n) is 2.66. The van der Waals surface area contributed by atoms with E-state index in [9.17, 15) is 0 Å². The van der Waals surface area contributed by atoms with Crippen molar-refractivity contribution in [1.29, 1.82) is 0 Å². The summed E-state index contributed by atoms with van der Waals surface area (Å²) in [6.45, 7) is 2.27. The largest absolute Gasteiger partial charge is 0.383 e. The first-order valence-electron chi connectivity index (χ1n) is 7.03. The number of benzene rings is 1. The SMILES string of the molecule is CC(CC1CCC1)Nc1cccc(-n2cnnc2)c1. The minimum atomic E-state index is 0.529. The van der Waals surface area contributed by atoms with Gasteiger partial charge in [0.25, 0.3) is 0 Å². The van der Waals surface area contributed by atoms with E-state index in [-0.39, 0.29) is 0 Å². The Morgan fingerprint density at radius 1 is 1.32 bits per heavy atom. The molecule has 4 nitrogen and oxygen atoms in total. The minimum Gasteiger partial charge on any atom is -0.383 e. The van der Waals surface area contributed by atoms with Gasteiger partial charge in [0.2, 0.25) is 0 Å². The van der Waals surface area contributed by atoms with Gasteiger partial charge in [-0.1, -0.05) is 25.3 Å². The van der Waals surface area contributed by atoms with E-state index in [4.69, 9.17) is 0 Å². The van der Waals surface area contributed by atoms with E-state index in [1.54, 1.807) is 12.7 Å². The third-order valence-corrected chi connectivity index (χ3v) is 3.89. The number of hydrogen-bond donors (Lipinski definition) is 1. The van der Waals surface area contributed by atoms with Crippen LogP contribution in [0.2, 0.25) is 0 Å². The highest BCUT2D eigenvalue weighted by Crippen LogP contribution is 2.31. The number of rotatable bonds is 5. The van der Waals surface area contributed by atoms with Crippen molar-refractivity contribution in [2.24, 2.45) is 5.92 Å². The smallest absolute Gasteiger partial charge is 0.123 e. The summed E-state index contributed by atoms with van der Waals surface area (Å²) in [5.74, 6) is 0.934. The standard InChI is InChI=1S/C15H20N4/c1-12(8-13-4-2-5-13)18-14-6-3-7-15(9-14)19-10-16-17-11-19/h3,6-7,9-13,18H,2,4-5,8H2,1H3. The lowest BCUT2D eigenvalue weighted by Crippen LogP contribution is -2.23. The molecular formula is C15H20N4. The molecule has 0 amide bonds. The van der Waals surface area contributed by atoms with Crippen LogP contribution in [0.25, 0.3) is 5.69 Å². The summed E-state index contributed by atoms with van der Waals surface area (Å²) in [6.07, 6.45) is 8.95. The van der Waals surface area contributed by atoms with Crippen LogP contribution in [0.3, 0.4) is 0 Å². The lowest BCUT2D eigenvalue weighted by molar-refractivity contribution is 0.286. The van der Waals surface area contributed by atoms with Crippen molar-refractivity contribution in [3.63, 3.8) is 0 Å². The van der Waals surface area contributed by atoms with Gasteiger partial charge in [-0.15, -0.1) is 10.2 Å². The van der Waals surface area contributed by atoms with Crippen molar-refractivity contribution in [2.75, 3.05) is 5.32 Å². The van der Waals surface area contributed by atoms with Crippen LogP contribution < -0.4 is 5.32 Å². The first-order chi connectivity index (χ1) is 9.31. The number of nitrogens with zero attached hydrogens (tertiary/aromatic N) is 3. The van der Waals surface area contributed by atoms with Gasteiger partial charge < -0.3 is 5.32 Å². The second-order valence-corrected chi connectivity index (χ2v) is 5.50. The fourth-order valence-corrected chi connectivity index (χ4v) is 2.66. The molecule has 3 rings (SSSR count). The van der Waals surface area contributed by atoms with Gasteiger partial charge in [0.05, 0.1) is 5.69 Å². The molecule has 0 spiro atoms. The molecule has 1 N–H and O–H groups in total. The third-order valence-electron chi connectivity index (χ3n) is 3.89. The molecule has 1 aliphatic rings. The van der Waals surface area contributed by atoms with Gasteiger partial charge in [-0.25, -0.2) is 0 Å². The van der Waals surface area contributed by atoms with E-state index in [0.29, 0.717) is 6.04 Å². The molecule has 0 radical (unpaired) electrons. The van der Waals surface area contributed by atoms with E-state index in [0.717, 1.165) is 17.3 Å². The molecule has 1 aromatic heterocycles. The van der Waals surface area contributed by atoms with Crippen LogP contribution in [0.4, 0.5) is 5.69 Å². The summed E-state index contributed by atoms with van der Waals surface area (Å²) in [5, 5.41) is 11.3. The van der Waals surface area contributed by atoms with E-state index >= 15 is 0 Å². The molecule has 1 saturated carbocycles. The van der Waals surface area contributed by atoms with Crippen LogP contribution >= 0.6 is 0 Å². The molecule has 0 bridgehead atoms. The van der Waals surface area contributed by atoms with Crippen LogP contribution in [0.1, 0.15) is 32.6 Å². The molecule has 1 atom stereocenters. The number of aromatic nitrogens is 3. The highest BCUT2D eigenvalue weighted by Gasteiger charge is 2.19. The monoisotopic (exact) mass is 256 g/mol. The Labute approximate surface area is 113 Å². The summed E-state index contributed by atoms with van der Waals surface area (Å²) >= 11 is 0. The number of anilines is 1. The average Bonchev–Trinajstić information content (AvgIpc) is 2.88. The zero-order valence-electron chi connectivity index (χ0n) is 11.3. The molecule has 2 aromatic rings. The van der Waals surface area contributed by atoms with Crippen LogP contribution in [-0.2, 0) is 0 Å². The lowest BCUT2D eigenvalue weighted by atomic mass is 9.81. The predicted molar refractivity (Wildman–Crippen MR) is 76.4 cm³/mol. The van der Waals surface area contributed by atoms with E-state index in [1.807, 2.05) is 4.57 Å². The van der Waals surface area contributed by atoms with Crippen LogP contribution in [0.5, 0.6) is 0 Å². The molecule has 1 heterocycles. The Morgan fingerprint density at radius 2 is 2.11 bits per heavy atom. The molecule has 1 aliphatic carbocycles. The van der Waals surface area contributed by atoms with Gasteiger partial charge in [-0.2, -0.15) is 0 Å². The van der Waals surface area contributed by atoms with Gasteiger partial charge in [-0.05, 0) is 37.5 Å². The van der Waals surface area contributed by atoms with Gasteiger partial charge in [0.1, 0.15) is 12.7 Å². The molecule has 19 heavy (non-hydrogen) atoms. The maximum Gasteiger partial charge on any atom is 0.123 e. The Balaban J connectivity index is 1.65. The molecule has 1 fully saturated rings. The van der Waals surface area contributed by atoms with Gasteiger partial charge >= 0.3 is 0 Å². The molecule has 4 heteroatoms. The quantitative estimate of drug-likeness (QED) is 0.893. The van der Waals surface area contributed by atoms with Gasteiger partial charge in [0, 0.05) is 11.7 Å². The topological polar surface area (TPSA) is 42.7 Å². The minimum absolute atomic E-state index is 0.529.